The zero-order valence-electron chi connectivity index (χ0n) is 19.6. The topological polar surface area (TPSA) is 48.0 Å². The molecule has 0 bridgehead atoms. The van der Waals surface area contributed by atoms with Crippen LogP contribution in [0.4, 0.5) is 10.1 Å². The second-order valence-corrected chi connectivity index (χ2v) is 9.05. The number of H-pyrrole nitrogens is 1. The fourth-order valence-corrected chi connectivity index (χ4v) is 4.68. The predicted molar refractivity (Wildman–Crippen MR) is 140 cm³/mol. The van der Waals surface area contributed by atoms with E-state index in [2.05, 4.69) is 51.1 Å². The molecule has 0 radical (unpaired) electrons. The molecule has 0 spiro atoms. The Bertz CT molecular complexity index is 1470. The number of halogens is 1. The maximum Gasteiger partial charge on any atom is 0.156 e. The maximum absolute atomic E-state index is 14.2. The van der Waals surface area contributed by atoms with Gasteiger partial charge in [0.15, 0.2) is 5.65 Å². The molecule has 3 aromatic carbocycles. The fourth-order valence-electron chi connectivity index (χ4n) is 4.68. The number of anilines is 1. The van der Waals surface area contributed by atoms with E-state index in [1.165, 1.54) is 11.8 Å². The molecule has 1 saturated heterocycles. The van der Waals surface area contributed by atoms with Gasteiger partial charge in [0, 0.05) is 54.8 Å². The molecule has 1 aliphatic rings. The smallest absolute Gasteiger partial charge is 0.156 e. The quantitative estimate of drug-likeness (QED) is 0.363. The van der Waals surface area contributed by atoms with E-state index in [9.17, 15) is 4.39 Å². The summed E-state index contributed by atoms with van der Waals surface area (Å²) in [7, 11) is 2.17. The number of benzene rings is 3. The van der Waals surface area contributed by atoms with Crippen LogP contribution in [-0.4, -0.2) is 53.1 Å². The minimum absolute atomic E-state index is 0.221. The van der Waals surface area contributed by atoms with Gasteiger partial charge in [0.2, 0.25) is 0 Å². The number of aromatic nitrogens is 3. The van der Waals surface area contributed by atoms with Gasteiger partial charge >= 0.3 is 0 Å². The van der Waals surface area contributed by atoms with Gasteiger partial charge in [-0.1, -0.05) is 54.6 Å². The Labute approximate surface area is 203 Å². The molecule has 1 N–H and O–H groups in total. The first-order valence-corrected chi connectivity index (χ1v) is 11.9. The zero-order valence-corrected chi connectivity index (χ0v) is 19.6. The Morgan fingerprint density at radius 1 is 0.771 bits per heavy atom. The SMILES string of the molecule is CN1CCN(c2ccc(-c3cnc4[nH]cc(-c5ccc(-c6ccccc6F)cc5)c4n3)cc2)CC1. The van der Waals surface area contributed by atoms with Crippen molar-refractivity contribution in [3.8, 4) is 33.5 Å². The molecule has 2 aromatic heterocycles. The first-order valence-electron chi connectivity index (χ1n) is 11.9. The Balaban J connectivity index is 1.29. The van der Waals surface area contributed by atoms with Crippen LogP contribution in [0.25, 0.3) is 44.7 Å². The number of likely N-dealkylation sites (N-methyl/N-ethyl adjacent to an activating group) is 1. The third kappa shape index (κ3) is 4.17. The third-order valence-corrected chi connectivity index (χ3v) is 6.79. The van der Waals surface area contributed by atoms with Gasteiger partial charge in [-0.05, 0) is 36.4 Å². The molecule has 0 atom stereocenters. The number of aromatic amines is 1. The van der Waals surface area contributed by atoms with Crippen LogP contribution in [-0.2, 0) is 0 Å². The van der Waals surface area contributed by atoms with Crippen LogP contribution in [0, 0.1) is 5.82 Å². The van der Waals surface area contributed by atoms with E-state index in [0.29, 0.717) is 5.56 Å². The molecule has 3 heterocycles. The van der Waals surface area contributed by atoms with E-state index in [-0.39, 0.29) is 5.82 Å². The monoisotopic (exact) mass is 463 g/mol. The van der Waals surface area contributed by atoms with Gasteiger partial charge in [0.05, 0.1) is 11.9 Å². The Hall–Kier alpha value is -4.03. The first-order chi connectivity index (χ1) is 17.2. The average Bonchev–Trinajstić information content (AvgIpc) is 3.33. The zero-order chi connectivity index (χ0) is 23.8. The summed E-state index contributed by atoms with van der Waals surface area (Å²) in [5.41, 5.74) is 8.12. The van der Waals surface area contributed by atoms with Crippen molar-refractivity contribution in [2.24, 2.45) is 0 Å². The maximum atomic E-state index is 14.2. The van der Waals surface area contributed by atoms with E-state index >= 15 is 0 Å². The van der Waals surface area contributed by atoms with E-state index in [0.717, 1.165) is 65.3 Å². The van der Waals surface area contributed by atoms with Crippen LogP contribution in [0.1, 0.15) is 0 Å². The summed E-state index contributed by atoms with van der Waals surface area (Å²) in [6, 6.07) is 23.3. The fraction of sp³-hybridized carbons (Fsp3) is 0.172. The van der Waals surface area contributed by atoms with E-state index < -0.39 is 0 Å². The van der Waals surface area contributed by atoms with Crippen molar-refractivity contribution in [3.05, 3.63) is 91.0 Å². The molecule has 0 aliphatic carbocycles. The summed E-state index contributed by atoms with van der Waals surface area (Å²) >= 11 is 0. The minimum Gasteiger partial charge on any atom is -0.369 e. The van der Waals surface area contributed by atoms with Crippen LogP contribution in [0.3, 0.4) is 0 Å². The van der Waals surface area contributed by atoms with Gasteiger partial charge in [-0.3, -0.25) is 0 Å². The van der Waals surface area contributed by atoms with Crippen molar-refractivity contribution in [3.63, 3.8) is 0 Å². The highest BCUT2D eigenvalue weighted by Crippen LogP contribution is 2.31. The lowest BCUT2D eigenvalue weighted by molar-refractivity contribution is 0.313. The Kier molecular flexibility index (Phi) is 5.51. The second-order valence-electron chi connectivity index (χ2n) is 9.05. The van der Waals surface area contributed by atoms with Gasteiger partial charge in [-0.15, -0.1) is 0 Å². The molecule has 5 nitrogen and oxygen atoms in total. The van der Waals surface area contributed by atoms with Crippen molar-refractivity contribution in [1.82, 2.24) is 19.9 Å². The third-order valence-electron chi connectivity index (χ3n) is 6.79. The van der Waals surface area contributed by atoms with Crippen molar-refractivity contribution in [1.29, 1.82) is 0 Å². The minimum atomic E-state index is -0.221. The van der Waals surface area contributed by atoms with Crippen molar-refractivity contribution in [2.45, 2.75) is 0 Å². The molecular weight excluding hydrogens is 437 g/mol. The van der Waals surface area contributed by atoms with Crippen LogP contribution in [0.15, 0.2) is 85.2 Å². The molecule has 6 heteroatoms. The van der Waals surface area contributed by atoms with Gasteiger partial charge < -0.3 is 14.8 Å². The highest BCUT2D eigenvalue weighted by Gasteiger charge is 2.15. The summed E-state index contributed by atoms with van der Waals surface area (Å²) in [5.74, 6) is -0.221. The molecule has 1 fully saturated rings. The first kappa shape index (κ1) is 21.5. The number of piperazine rings is 1. The van der Waals surface area contributed by atoms with Gasteiger partial charge in [0.25, 0.3) is 0 Å². The molecule has 1 aliphatic heterocycles. The molecule has 0 saturated carbocycles. The summed E-state index contributed by atoms with van der Waals surface area (Å²) in [5, 5.41) is 0. The van der Waals surface area contributed by atoms with E-state index in [1.54, 1.807) is 12.1 Å². The summed E-state index contributed by atoms with van der Waals surface area (Å²) < 4.78 is 14.2. The molecule has 5 aromatic rings. The number of hydrogen-bond donors (Lipinski definition) is 1. The lowest BCUT2D eigenvalue weighted by Gasteiger charge is -2.34. The van der Waals surface area contributed by atoms with Crippen molar-refractivity contribution in [2.75, 3.05) is 38.1 Å². The number of nitrogens with one attached hydrogen (secondary N) is 1. The summed E-state index contributed by atoms with van der Waals surface area (Å²) in [6.45, 7) is 4.26. The molecule has 0 amide bonds. The predicted octanol–water partition coefficient (Wildman–Crippen LogP) is 5.85. The molecule has 35 heavy (non-hydrogen) atoms. The molecule has 174 valence electrons. The largest absolute Gasteiger partial charge is 0.369 e. The van der Waals surface area contributed by atoms with Crippen molar-refractivity contribution >= 4 is 16.9 Å². The molecule has 6 rings (SSSR count). The Morgan fingerprint density at radius 3 is 2.14 bits per heavy atom. The number of rotatable bonds is 4. The number of nitrogens with zero attached hydrogens (tertiary/aromatic N) is 4. The van der Waals surface area contributed by atoms with Crippen LogP contribution < -0.4 is 4.90 Å². The van der Waals surface area contributed by atoms with Gasteiger partial charge in [-0.25, -0.2) is 14.4 Å². The van der Waals surface area contributed by atoms with Crippen LogP contribution in [0.2, 0.25) is 0 Å². The van der Waals surface area contributed by atoms with E-state index in [4.69, 9.17) is 4.98 Å². The lowest BCUT2D eigenvalue weighted by atomic mass is 10.0. The lowest BCUT2D eigenvalue weighted by Crippen LogP contribution is -2.44. The number of hydrogen-bond acceptors (Lipinski definition) is 4. The highest BCUT2D eigenvalue weighted by molar-refractivity contribution is 5.92. The summed E-state index contributed by atoms with van der Waals surface area (Å²) in [6.07, 6.45) is 3.75. The van der Waals surface area contributed by atoms with Crippen LogP contribution in [0.5, 0.6) is 0 Å². The number of fused-ring (bicyclic) bond motifs is 1. The average molecular weight is 464 g/mol. The van der Waals surface area contributed by atoms with Crippen molar-refractivity contribution < 1.29 is 4.39 Å². The van der Waals surface area contributed by atoms with Gasteiger partial charge in [0.1, 0.15) is 11.3 Å². The molecular formula is C29H26FN5. The van der Waals surface area contributed by atoms with Crippen LogP contribution >= 0.6 is 0 Å². The standard InChI is InChI=1S/C29H26FN5/c1-34-14-16-35(17-15-34)23-12-10-22(11-13-23)27-19-32-29-28(33-27)25(18-31-29)21-8-6-20(7-9-21)24-4-2-3-5-26(24)30/h2-13,18-19H,14-17H2,1H3,(H,31,32). The molecule has 0 unspecified atom stereocenters. The van der Waals surface area contributed by atoms with Gasteiger partial charge in [-0.2, -0.15) is 0 Å². The summed E-state index contributed by atoms with van der Waals surface area (Å²) in [4.78, 5) is 17.6. The second kappa shape index (κ2) is 8.96. The normalized spacial score (nSPS) is 14.5. The van der Waals surface area contributed by atoms with E-state index in [1.807, 2.05) is 42.7 Å². The Morgan fingerprint density at radius 2 is 1.43 bits per heavy atom. The highest BCUT2D eigenvalue weighted by atomic mass is 19.1.